The number of furan rings is 1. The maximum absolute atomic E-state index is 6.43. The lowest BCUT2D eigenvalue weighted by molar-refractivity contribution is 0.669. The molecule has 0 spiro atoms. The molecular weight excluding hydrogens is 661 g/mol. The summed E-state index contributed by atoms with van der Waals surface area (Å²) in [7, 11) is 0. The fraction of sp³-hybridized carbons (Fsp3) is 0. The Morgan fingerprint density at radius 2 is 1.00 bits per heavy atom. The van der Waals surface area contributed by atoms with Crippen LogP contribution in [0.4, 0.5) is 0 Å². The van der Waals surface area contributed by atoms with Crippen LogP contribution in [0.1, 0.15) is 0 Å². The highest BCUT2D eigenvalue weighted by Crippen LogP contribution is 2.47. The van der Waals surface area contributed by atoms with E-state index in [9.17, 15) is 0 Å². The summed E-state index contributed by atoms with van der Waals surface area (Å²) in [5.41, 5.74) is 7.96. The van der Waals surface area contributed by atoms with Crippen LogP contribution < -0.4 is 0 Å². The van der Waals surface area contributed by atoms with Gasteiger partial charge in [0.2, 0.25) is 5.95 Å². The van der Waals surface area contributed by atoms with E-state index in [2.05, 4.69) is 156 Å². The number of fused-ring (bicyclic) bond motifs is 8. The highest BCUT2D eigenvalue weighted by molar-refractivity contribution is 6.35. The van der Waals surface area contributed by atoms with Gasteiger partial charge in [0.25, 0.3) is 0 Å². The third kappa shape index (κ3) is 4.12. The van der Waals surface area contributed by atoms with Crippen LogP contribution >= 0.6 is 0 Å². The molecule has 0 N–H and O–H groups in total. The Hall–Kier alpha value is -7.37. The van der Waals surface area contributed by atoms with E-state index < -0.39 is 0 Å². The summed E-state index contributed by atoms with van der Waals surface area (Å²) in [4.78, 5) is 15.9. The molecule has 0 saturated heterocycles. The van der Waals surface area contributed by atoms with Crippen molar-refractivity contribution in [1.82, 2.24) is 19.5 Å². The second-order valence-electron chi connectivity index (χ2n) is 14.0. The normalized spacial score (nSPS) is 12.1. The van der Waals surface area contributed by atoms with Crippen molar-refractivity contribution in [3.05, 3.63) is 170 Å². The second-order valence-corrected chi connectivity index (χ2v) is 14.0. The third-order valence-corrected chi connectivity index (χ3v) is 11.0. The Morgan fingerprint density at radius 1 is 0.370 bits per heavy atom. The number of para-hydroxylation sites is 1. The number of rotatable bonds is 4. The van der Waals surface area contributed by atoms with Crippen molar-refractivity contribution in [3.63, 3.8) is 0 Å². The maximum Gasteiger partial charge on any atom is 0.238 e. The minimum Gasteiger partial charge on any atom is -0.456 e. The topological polar surface area (TPSA) is 56.7 Å². The molecule has 0 unspecified atom stereocenters. The lowest BCUT2D eigenvalue weighted by Gasteiger charge is -2.16. The molecule has 250 valence electrons. The molecule has 0 saturated carbocycles. The Labute approximate surface area is 308 Å². The molecule has 12 aromatic rings. The first-order valence-corrected chi connectivity index (χ1v) is 18.2. The summed E-state index contributed by atoms with van der Waals surface area (Å²) >= 11 is 0. The minimum absolute atomic E-state index is 0.573. The molecule has 0 aliphatic carbocycles. The molecule has 54 heavy (non-hydrogen) atoms. The van der Waals surface area contributed by atoms with Crippen LogP contribution in [0.2, 0.25) is 0 Å². The molecule has 0 amide bonds. The van der Waals surface area contributed by atoms with Gasteiger partial charge in [-0.15, -0.1) is 0 Å². The first-order valence-electron chi connectivity index (χ1n) is 18.2. The van der Waals surface area contributed by atoms with E-state index in [1.165, 1.54) is 26.9 Å². The van der Waals surface area contributed by atoms with Gasteiger partial charge in [-0.05, 0) is 79.8 Å². The highest BCUT2D eigenvalue weighted by atomic mass is 16.3. The monoisotopic (exact) mass is 688 g/mol. The smallest absolute Gasteiger partial charge is 0.238 e. The Kier molecular flexibility index (Phi) is 5.99. The van der Waals surface area contributed by atoms with E-state index in [0.717, 1.165) is 71.4 Å². The summed E-state index contributed by atoms with van der Waals surface area (Å²) in [5.74, 6) is 1.79. The predicted molar refractivity (Wildman–Crippen MR) is 221 cm³/mol. The zero-order chi connectivity index (χ0) is 35.3. The van der Waals surface area contributed by atoms with Crippen molar-refractivity contribution in [2.24, 2.45) is 0 Å². The molecule has 0 aliphatic heterocycles. The van der Waals surface area contributed by atoms with Crippen molar-refractivity contribution in [3.8, 4) is 39.9 Å². The van der Waals surface area contributed by atoms with Gasteiger partial charge < -0.3 is 4.42 Å². The number of hydrogen-bond donors (Lipinski definition) is 0. The van der Waals surface area contributed by atoms with Crippen LogP contribution in [0.15, 0.2) is 174 Å². The molecule has 3 aromatic heterocycles. The molecule has 9 aromatic carbocycles. The van der Waals surface area contributed by atoms with Crippen LogP contribution in [0.5, 0.6) is 0 Å². The summed E-state index contributed by atoms with van der Waals surface area (Å²) in [6.07, 6.45) is 0. The number of aromatic nitrogens is 4. The van der Waals surface area contributed by atoms with Gasteiger partial charge in [0.05, 0.1) is 11.0 Å². The molecule has 0 radical (unpaired) electrons. The van der Waals surface area contributed by atoms with Gasteiger partial charge in [0, 0.05) is 32.7 Å². The van der Waals surface area contributed by atoms with Crippen molar-refractivity contribution in [2.75, 3.05) is 0 Å². The highest BCUT2D eigenvalue weighted by Gasteiger charge is 2.23. The second kappa shape index (κ2) is 11.1. The molecular formula is C49H28N4O. The molecule has 3 heterocycles. The summed E-state index contributed by atoms with van der Waals surface area (Å²) in [5, 5.41) is 11.7. The molecule has 0 bridgehead atoms. The van der Waals surface area contributed by atoms with Gasteiger partial charge in [-0.2, -0.15) is 9.97 Å². The zero-order valence-corrected chi connectivity index (χ0v) is 28.9. The average molecular weight is 689 g/mol. The maximum atomic E-state index is 6.43. The van der Waals surface area contributed by atoms with Gasteiger partial charge in [-0.1, -0.05) is 133 Å². The van der Waals surface area contributed by atoms with E-state index in [4.69, 9.17) is 19.4 Å². The predicted octanol–water partition coefficient (Wildman–Crippen LogP) is 12.8. The largest absolute Gasteiger partial charge is 0.456 e. The molecule has 5 heteroatoms. The van der Waals surface area contributed by atoms with E-state index in [-0.39, 0.29) is 0 Å². The summed E-state index contributed by atoms with van der Waals surface area (Å²) in [6.45, 7) is 0. The lowest BCUT2D eigenvalue weighted by atomic mass is 9.88. The van der Waals surface area contributed by atoms with E-state index >= 15 is 0 Å². The Morgan fingerprint density at radius 3 is 1.80 bits per heavy atom. The zero-order valence-electron chi connectivity index (χ0n) is 28.9. The van der Waals surface area contributed by atoms with Gasteiger partial charge >= 0.3 is 0 Å². The standard InChI is InChI=1S/C49H28N4O/c1-3-13-29(14-4-1)37-27-32(28-38-34-20-11-23-41-45(34)46-36(43(37)38)21-12-24-42(46)54-41)48-50-47(31-16-5-2-6-17-31)51-49(52-48)53-39-22-10-9-19-35(39)44-33-18-8-7-15-30(33)25-26-40(44)53/h1-28H. The van der Waals surface area contributed by atoms with Crippen LogP contribution in [-0.2, 0) is 0 Å². The molecule has 12 rings (SSSR count). The van der Waals surface area contributed by atoms with Crippen molar-refractivity contribution < 1.29 is 4.42 Å². The first kappa shape index (κ1) is 29.2. The van der Waals surface area contributed by atoms with E-state index in [1.807, 2.05) is 18.2 Å². The SMILES string of the molecule is c1ccc(-c2nc(-c3cc(-c4ccccc4)c4c(c3)c3cccc5oc6cccc4c6c53)nc(-n3c4ccccc4c4c5ccccc5ccc43)n2)cc1. The molecule has 0 fully saturated rings. The number of hydrogen-bond acceptors (Lipinski definition) is 4. The van der Waals surface area contributed by atoms with Crippen molar-refractivity contribution in [1.29, 1.82) is 0 Å². The van der Waals surface area contributed by atoms with Crippen LogP contribution in [0.25, 0.3) is 116 Å². The summed E-state index contributed by atoms with van der Waals surface area (Å²) in [6, 6.07) is 59.6. The third-order valence-electron chi connectivity index (χ3n) is 11.0. The van der Waals surface area contributed by atoms with Gasteiger partial charge in [0.15, 0.2) is 11.6 Å². The lowest BCUT2D eigenvalue weighted by Crippen LogP contribution is -2.06. The Bertz CT molecular complexity index is 3440. The molecule has 0 atom stereocenters. The van der Waals surface area contributed by atoms with E-state index in [0.29, 0.717) is 17.6 Å². The quantitative estimate of drug-likeness (QED) is 0.173. The van der Waals surface area contributed by atoms with Crippen LogP contribution in [-0.4, -0.2) is 19.5 Å². The van der Waals surface area contributed by atoms with Gasteiger partial charge in [-0.3, -0.25) is 4.57 Å². The average Bonchev–Trinajstić information content (AvgIpc) is 3.80. The van der Waals surface area contributed by atoms with Crippen LogP contribution in [0, 0.1) is 0 Å². The fourth-order valence-corrected chi connectivity index (χ4v) is 8.68. The molecule has 0 aliphatic rings. The Balaban J connectivity index is 1.21. The molecule has 5 nitrogen and oxygen atoms in total. The van der Waals surface area contributed by atoms with Crippen LogP contribution in [0.3, 0.4) is 0 Å². The van der Waals surface area contributed by atoms with Crippen molar-refractivity contribution in [2.45, 2.75) is 0 Å². The fourth-order valence-electron chi connectivity index (χ4n) is 8.68. The van der Waals surface area contributed by atoms with E-state index in [1.54, 1.807) is 0 Å². The first-order chi connectivity index (χ1) is 26.8. The summed E-state index contributed by atoms with van der Waals surface area (Å²) < 4.78 is 8.63. The minimum atomic E-state index is 0.573. The van der Waals surface area contributed by atoms with Crippen molar-refractivity contribution >= 4 is 76.1 Å². The number of nitrogens with zero attached hydrogens (tertiary/aromatic N) is 4. The number of benzene rings is 9. The van der Waals surface area contributed by atoms with Gasteiger partial charge in [0.1, 0.15) is 11.2 Å². The van der Waals surface area contributed by atoms with Gasteiger partial charge in [-0.25, -0.2) is 4.98 Å².